The number of aromatic amines is 1. The molecule has 0 atom stereocenters. The maximum Gasteiger partial charge on any atom is 0.449 e. The zero-order valence-corrected chi connectivity index (χ0v) is 20.6. The monoisotopic (exact) mass is 531 g/mol. The van der Waals surface area contributed by atoms with Gasteiger partial charge in [0.1, 0.15) is 5.82 Å². The highest BCUT2D eigenvalue weighted by molar-refractivity contribution is 5.95. The van der Waals surface area contributed by atoms with E-state index < -0.39 is 30.3 Å². The number of rotatable bonds is 4. The second-order valence-corrected chi connectivity index (χ2v) is 8.40. The molecule has 1 aliphatic heterocycles. The molecule has 1 aliphatic rings. The van der Waals surface area contributed by atoms with Crippen molar-refractivity contribution in [3.63, 3.8) is 0 Å². The molecular weight excluding hydrogens is 506 g/mol. The van der Waals surface area contributed by atoms with E-state index in [-0.39, 0.29) is 48.6 Å². The standard InChI is InChI=1S/C24H19F4N5O3.C2H6/c25-17-6-5-13(10-18-14-3-1-2-4-15(14)21(35)31-30-18)9-16(17)22(36)32-7-8-33-20(11-32)19(12-34)29-23(33)24(26,27)28;1-2/h1-6,9,34H,7-8,10-12H2,(H,31,35);1-2H3. The van der Waals surface area contributed by atoms with E-state index in [0.29, 0.717) is 22.0 Å². The molecule has 8 nitrogen and oxygen atoms in total. The second kappa shape index (κ2) is 10.7. The topological polar surface area (TPSA) is 104 Å². The van der Waals surface area contributed by atoms with E-state index in [9.17, 15) is 32.3 Å². The number of alkyl halides is 3. The van der Waals surface area contributed by atoms with Crippen LogP contribution in [0.2, 0.25) is 0 Å². The van der Waals surface area contributed by atoms with Crippen LogP contribution in [0.25, 0.3) is 10.8 Å². The summed E-state index contributed by atoms with van der Waals surface area (Å²) in [6, 6.07) is 10.9. The zero-order chi connectivity index (χ0) is 27.6. The van der Waals surface area contributed by atoms with Crippen molar-refractivity contribution < 1.29 is 27.5 Å². The Morgan fingerprint density at radius 3 is 2.47 bits per heavy atom. The van der Waals surface area contributed by atoms with Crippen LogP contribution in [0.5, 0.6) is 0 Å². The Morgan fingerprint density at radius 1 is 1.08 bits per heavy atom. The number of nitrogens with one attached hydrogen (secondary N) is 1. The summed E-state index contributed by atoms with van der Waals surface area (Å²) in [6.07, 6.45) is -4.51. The molecule has 1 amide bonds. The summed E-state index contributed by atoms with van der Waals surface area (Å²) in [6.45, 7) is 2.73. The molecule has 0 saturated heterocycles. The predicted octanol–water partition coefficient (Wildman–Crippen LogP) is 4.04. The third kappa shape index (κ3) is 5.03. The van der Waals surface area contributed by atoms with Crippen LogP contribution >= 0.6 is 0 Å². The molecule has 12 heteroatoms. The van der Waals surface area contributed by atoms with Crippen LogP contribution in [0, 0.1) is 5.82 Å². The summed E-state index contributed by atoms with van der Waals surface area (Å²) in [4.78, 5) is 30.0. The number of halogens is 4. The Bertz CT molecular complexity index is 1540. The molecule has 3 heterocycles. The highest BCUT2D eigenvalue weighted by Gasteiger charge is 2.40. The highest BCUT2D eigenvalue weighted by atomic mass is 19.4. The molecular formula is C26H25F4N5O3. The lowest BCUT2D eigenvalue weighted by Gasteiger charge is -2.30. The van der Waals surface area contributed by atoms with Crippen molar-refractivity contribution in [2.75, 3.05) is 6.54 Å². The number of benzene rings is 2. The fourth-order valence-corrected chi connectivity index (χ4v) is 4.47. The first-order valence-electron chi connectivity index (χ1n) is 12.0. The fourth-order valence-electron chi connectivity index (χ4n) is 4.47. The Kier molecular flexibility index (Phi) is 7.63. The number of carbonyl (C=O) groups excluding carboxylic acids is 1. The molecule has 2 aromatic carbocycles. The minimum atomic E-state index is -4.71. The van der Waals surface area contributed by atoms with Gasteiger partial charge in [-0.1, -0.05) is 38.1 Å². The van der Waals surface area contributed by atoms with E-state index >= 15 is 0 Å². The number of hydrogen-bond acceptors (Lipinski definition) is 5. The van der Waals surface area contributed by atoms with Gasteiger partial charge in [-0.2, -0.15) is 18.3 Å². The van der Waals surface area contributed by atoms with Gasteiger partial charge in [0.2, 0.25) is 5.82 Å². The molecule has 2 N–H and O–H groups in total. The van der Waals surface area contributed by atoms with Crippen molar-refractivity contribution in [2.45, 2.75) is 46.1 Å². The van der Waals surface area contributed by atoms with Crippen LogP contribution < -0.4 is 5.56 Å². The molecule has 0 aliphatic carbocycles. The zero-order valence-electron chi connectivity index (χ0n) is 20.6. The van der Waals surface area contributed by atoms with Crippen LogP contribution in [0.1, 0.15) is 52.7 Å². The van der Waals surface area contributed by atoms with Gasteiger partial charge < -0.3 is 14.6 Å². The van der Waals surface area contributed by atoms with Crippen LogP contribution in [0.3, 0.4) is 0 Å². The summed E-state index contributed by atoms with van der Waals surface area (Å²) in [5.74, 6) is -2.61. The number of aromatic nitrogens is 4. The molecule has 0 saturated carbocycles. The van der Waals surface area contributed by atoms with Crippen LogP contribution in [0.15, 0.2) is 47.3 Å². The van der Waals surface area contributed by atoms with Gasteiger partial charge in [-0.25, -0.2) is 14.5 Å². The molecule has 0 unspecified atom stereocenters. The average Bonchev–Trinajstić information content (AvgIpc) is 3.31. The smallest absolute Gasteiger partial charge is 0.390 e. The molecule has 38 heavy (non-hydrogen) atoms. The Hall–Kier alpha value is -4.06. The minimum Gasteiger partial charge on any atom is -0.390 e. The summed E-state index contributed by atoms with van der Waals surface area (Å²) in [7, 11) is 0. The number of nitrogens with zero attached hydrogens (tertiary/aromatic N) is 4. The van der Waals surface area contributed by atoms with E-state index in [2.05, 4.69) is 15.2 Å². The van der Waals surface area contributed by atoms with Crippen LogP contribution in [-0.4, -0.2) is 42.2 Å². The Balaban J connectivity index is 0.00000164. The molecule has 4 aromatic rings. The number of imidazole rings is 1. The number of aliphatic hydroxyl groups excluding tert-OH is 1. The lowest BCUT2D eigenvalue weighted by atomic mass is 10.0. The van der Waals surface area contributed by atoms with Crippen molar-refractivity contribution in [3.8, 4) is 0 Å². The number of aliphatic hydroxyl groups is 1. The van der Waals surface area contributed by atoms with E-state index in [0.717, 1.165) is 10.6 Å². The molecule has 2 aromatic heterocycles. The largest absolute Gasteiger partial charge is 0.449 e. The van der Waals surface area contributed by atoms with Gasteiger partial charge in [-0.05, 0) is 23.8 Å². The number of hydrogen-bond donors (Lipinski definition) is 2. The van der Waals surface area contributed by atoms with Gasteiger partial charge in [0.25, 0.3) is 11.5 Å². The highest BCUT2D eigenvalue weighted by Crippen LogP contribution is 2.32. The number of amides is 1. The molecule has 0 radical (unpaired) electrons. The lowest BCUT2D eigenvalue weighted by molar-refractivity contribution is -0.147. The van der Waals surface area contributed by atoms with Crippen molar-refractivity contribution in [1.29, 1.82) is 0 Å². The molecule has 5 rings (SSSR count). The second-order valence-electron chi connectivity index (χ2n) is 8.40. The maximum atomic E-state index is 14.7. The lowest BCUT2D eigenvalue weighted by Crippen LogP contribution is -2.39. The minimum absolute atomic E-state index is 0.0601. The number of H-pyrrole nitrogens is 1. The first-order valence-corrected chi connectivity index (χ1v) is 12.0. The van der Waals surface area contributed by atoms with E-state index in [1.54, 1.807) is 24.3 Å². The van der Waals surface area contributed by atoms with Gasteiger partial charge in [-0.3, -0.25) is 9.59 Å². The summed E-state index contributed by atoms with van der Waals surface area (Å²) in [5, 5.41) is 17.1. The van der Waals surface area contributed by atoms with Crippen LogP contribution in [-0.2, 0) is 32.3 Å². The van der Waals surface area contributed by atoms with Gasteiger partial charge in [-0.15, -0.1) is 0 Å². The molecule has 0 fully saturated rings. The van der Waals surface area contributed by atoms with E-state index in [1.807, 2.05) is 13.8 Å². The van der Waals surface area contributed by atoms with Gasteiger partial charge in [0, 0.05) is 24.9 Å². The number of carbonyl (C=O) groups is 1. The van der Waals surface area contributed by atoms with Crippen LogP contribution in [0.4, 0.5) is 17.6 Å². The third-order valence-electron chi connectivity index (χ3n) is 6.19. The first kappa shape index (κ1) is 27.0. The van der Waals surface area contributed by atoms with Gasteiger partial charge in [0.05, 0.1) is 41.2 Å². The van der Waals surface area contributed by atoms with Gasteiger partial charge >= 0.3 is 6.18 Å². The summed E-state index contributed by atoms with van der Waals surface area (Å²) < 4.78 is 55.6. The average molecular weight is 532 g/mol. The Morgan fingerprint density at radius 2 is 1.79 bits per heavy atom. The normalized spacial score (nSPS) is 13.2. The summed E-state index contributed by atoms with van der Waals surface area (Å²) >= 11 is 0. The van der Waals surface area contributed by atoms with E-state index in [1.165, 1.54) is 17.0 Å². The van der Waals surface area contributed by atoms with Crippen molar-refractivity contribution >= 4 is 16.7 Å². The first-order chi connectivity index (χ1) is 18.2. The van der Waals surface area contributed by atoms with E-state index in [4.69, 9.17) is 0 Å². The van der Waals surface area contributed by atoms with Crippen molar-refractivity contribution in [2.24, 2.45) is 0 Å². The Labute approximate surface area is 214 Å². The summed E-state index contributed by atoms with van der Waals surface area (Å²) in [5.41, 5.74) is 0.390. The predicted molar refractivity (Wildman–Crippen MR) is 131 cm³/mol. The molecule has 0 bridgehead atoms. The molecule has 200 valence electrons. The maximum absolute atomic E-state index is 14.7. The fraction of sp³-hybridized carbons (Fsp3) is 0.308. The third-order valence-corrected chi connectivity index (χ3v) is 6.19. The van der Waals surface area contributed by atoms with Crippen molar-refractivity contribution in [3.05, 3.63) is 92.7 Å². The van der Waals surface area contributed by atoms with Crippen molar-refractivity contribution in [1.82, 2.24) is 24.6 Å². The van der Waals surface area contributed by atoms with Gasteiger partial charge in [0.15, 0.2) is 0 Å². The quantitative estimate of drug-likeness (QED) is 0.387. The number of fused-ring (bicyclic) bond motifs is 2. The molecule has 0 spiro atoms. The SMILES string of the molecule is CC.O=C(c1cc(Cc2n[nH]c(=O)c3ccccc23)ccc1F)N1CCn2c(C(F)(F)F)nc(CO)c2C1.